The van der Waals surface area contributed by atoms with Crippen molar-refractivity contribution < 1.29 is 24.0 Å². The van der Waals surface area contributed by atoms with Crippen molar-refractivity contribution in [1.29, 1.82) is 0 Å². The Bertz CT molecular complexity index is 4040. The molecule has 12 nitrogen and oxygen atoms in total. The molecule has 5 aliphatic heterocycles. The highest BCUT2D eigenvalue weighted by molar-refractivity contribution is 6.36. The Hall–Kier alpha value is -9.26. The number of aromatic nitrogens is 4. The van der Waals surface area contributed by atoms with Gasteiger partial charge in [0.25, 0.3) is 0 Å². The summed E-state index contributed by atoms with van der Waals surface area (Å²) in [6, 6.07) is 32.5. The minimum absolute atomic E-state index is 0.0101. The lowest BCUT2D eigenvalue weighted by molar-refractivity contribution is -0.671. The van der Waals surface area contributed by atoms with Crippen LogP contribution in [-0.2, 0) is 14.1 Å². The van der Waals surface area contributed by atoms with Gasteiger partial charge in [-0.05, 0) is 138 Å². The monoisotopic (exact) mass is 1020 g/mol. The van der Waals surface area contributed by atoms with Crippen LogP contribution < -0.4 is 24.2 Å². The second kappa shape index (κ2) is 20.2. The third kappa shape index (κ3) is 9.35. The van der Waals surface area contributed by atoms with Gasteiger partial charge in [-0.15, -0.1) is 0 Å². The fourth-order valence-corrected chi connectivity index (χ4v) is 10.3. The van der Waals surface area contributed by atoms with Crippen molar-refractivity contribution in [2.45, 2.75) is 12.8 Å². The number of pyridine rings is 3. The summed E-state index contributed by atoms with van der Waals surface area (Å²) in [4.78, 5) is 34.0. The lowest BCUT2D eigenvalue weighted by Gasteiger charge is -2.16. The number of methoxy groups -OCH3 is 1. The van der Waals surface area contributed by atoms with E-state index in [1.54, 1.807) is 7.11 Å². The standard InChI is InChI=1S/C63H52ClN10O2/c1-72-31-23-40(24-32-72)59-51-17-15-49(68-51)58(39-7-9-43(10-8-39)63(75)66-30-6-5-29-65-62-46-13-11-44(64)37-57(46)67-48-14-12-45(76-4)38-47(48)62)50-16-18-52(69-50)60(41-25-33-73(2)34-26-41)54-20-22-56(71-54)61(55-21-19-53(59)70-55)42-27-35-74(3)36-28-42/h7-28,31-38H,5-6,29-30H2,1-4H3,(H2-,65,66,67,68,69,70,71,75)/q+1/p+2. The van der Waals surface area contributed by atoms with E-state index in [1.807, 2.05) is 108 Å². The number of H-pyrrole nitrogens is 2. The number of aryl methyl sites for hydroxylation is 2. The fraction of sp³-hybridized carbons (Fsp3) is 0.127. The molecule has 0 aliphatic carbocycles. The number of allylic oxidation sites excluding steroid dienone is 11. The summed E-state index contributed by atoms with van der Waals surface area (Å²) in [5.74, 6) is 0.770. The summed E-state index contributed by atoms with van der Waals surface area (Å²) in [5, 5.41) is 15.1. The molecule has 5 aliphatic rings. The van der Waals surface area contributed by atoms with E-state index in [0.29, 0.717) is 23.7 Å². The van der Waals surface area contributed by atoms with Crippen molar-refractivity contribution in [3.05, 3.63) is 255 Å². The third-order valence-corrected chi connectivity index (χ3v) is 14.3. The summed E-state index contributed by atoms with van der Waals surface area (Å²) in [6.45, 7) is 1.17. The van der Waals surface area contributed by atoms with Crippen LogP contribution in [0.25, 0.3) is 38.5 Å². The number of aromatic amines is 2. The first-order valence-corrected chi connectivity index (χ1v) is 25.7. The highest BCUT2D eigenvalue weighted by Crippen LogP contribution is 2.38. The molecular weight excluding hydrogens is 964 g/mol. The molecule has 3 aromatic carbocycles. The number of nitrogens with zero attached hydrogens (tertiary/aromatic N) is 7. The van der Waals surface area contributed by atoms with Crippen LogP contribution in [0.4, 0.5) is 0 Å². The van der Waals surface area contributed by atoms with Crippen LogP contribution in [0, 0.1) is 0 Å². The van der Waals surface area contributed by atoms with Gasteiger partial charge in [0.2, 0.25) is 11.3 Å². The van der Waals surface area contributed by atoms with Crippen molar-refractivity contribution in [1.82, 2.24) is 14.9 Å². The van der Waals surface area contributed by atoms with Gasteiger partial charge in [0, 0.05) is 101 Å². The first-order chi connectivity index (χ1) is 37.1. The zero-order valence-electron chi connectivity index (χ0n) is 42.5. The van der Waals surface area contributed by atoms with E-state index < -0.39 is 0 Å². The van der Waals surface area contributed by atoms with Gasteiger partial charge in [-0.25, -0.2) is 29.1 Å². The molecule has 0 atom stereocenters. The van der Waals surface area contributed by atoms with Crippen molar-refractivity contribution in [3.8, 4) is 5.75 Å². The Labute approximate surface area is 444 Å². The molecule has 9 heterocycles. The van der Waals surface area contributed by atoms with Gasteiger partial charge in [0.15, 0.2) is 24.8 Å². The lowest BCUT2D eigenvalue weighted by Crippen LogP contribution is -2.76. The number of aliphatic hydroxyl groups excluding tert-OH is 1. The van der Waals surface area contributed by atoms with Crippen LogP contribution in [0.5, 0.6) is 5.75 Å². The van der Waals surface area contributed by atoms with Gasteiger partial charge < -0.3 is 24.7 Å². The summed E-state index contributed by atoms with van der Waals surface area (Å²) in [5.41, 5.74) is 16.8. The van der Waals surface area contributed by atoms with Gasteiger partial charge in [0.05, 0.1) is 63.1 Å². The Balaban J connectivity index is 0.904. The average Bonchev–Trinajstić information content (AvgIpc) is 4.30. The van der Waals surface area contributed by atoms with Crippen LogP contribution >= 0.6 is 11.6 Å². The summed E-state index contributed by atoms with van der Waals surface area (Å²) >= 11 is 6.38. The molecule has 13 heteroatoms. The molecular formula is C63H54ClN10O2+3. The molecule has 0 radical (unpaired) electrons. The fourth-order valence-electron chi connectivity index (χ4n) is 10.1. The molecule has 76 heavy (non-hydrogen) atoms. The molecule has 4 aromatic heterocycles. The Morgan fingerprint density at radius 2 is 1.20 bits per heavy atom. The predicted octanol–water partition coefficient (Wildman–Crippen LogP) is 8.97. The van der Waals surface area contributed by atoms with Crippen LogP contribution in [-0.4, -0.2) is 70.3 Å². The van der Waals surface area contributed by atoms with Crippen LogP contribution in [0.2, 0.25) is 5.02 Å². The molecule has 372 valence electrons. The van der Waals surface area contributed by atoms with E-state index in [9.17, 15) is 5.11 Å². The first kappa shape index (κ1) is 47.7. The van der Waals surface area contributed by atoms with Gasteiger partial charge in [-0.2, -0.15) is 0 Å². The average molecular weight is 1020 g/mol. The van der Waals surface area contributed by atoms with Crippen molar-refractivity contribution >= 4 is 73.2 Å². The molecule has 8 bridgehead atoms. The molecule has 0 fully saturated rings. The summed E-state index contributed by atoms with van der Waals surface area (Å²) in [6.07, 6.45) is 30.7. The Morgan fingerprint density at radius 1 is 0.618 bits per heavy atom. The molecule has 12 rings (SSSR count). The maximum Gasteiger partial charge on any atom is 0.217 e. The maximum absolute atomic E-state index is 11.4. The van der Waals surface area contributed by atoms with Crippen LogP contribution in [0.3, 0.4) is 0 Å². The Morgan fingerprint density at radius 3 is 1.80 bits per heavy atom. The van der Waals surface area contributed by atoms with Gasteiger partial charge in [-0.1, -0.05) is 23.7 Å². The van der Waals surface area contributed by atoms with Gasteiger partial charge >= 0.3 is 0 Å². The minimum Gasteiger partial charge on any atom is -0.497 e. The van der Waals surface area contributed by atoms with Crippen LogP contribution in [0.1, 0.15) is 46.5 Å². The molecule has 4 N–H and O–H groups in total. The smallest absolute Gasteiger partial charge is 0.217 e. The molecule has 0 unspecified atom stereocenters. The maximum atomic E-state index is 11.4. The highest BCUT2D eigenvalue weighted by atomic mass is 35.5. The number of rotatable bonds is 10. The van der Waals surface area contributed by atoms with E-state index in [-0.39, 0.29) is 5.90 Å². The van der Waals surface area contributed by atoms with E-state index in [0.717, 1.165) is 136 Å². The Kier molecular flexibility index (Phi) is 12.7. The number of hydrogen-bond donors (Lipinski definition) is 4. The number of aliphatic imine (C=N–C) groups is 4. The van der Waals surface area contributed by atoms with Crippen LogP contribution in [0.15, 0.2) is 231 Å². The van der Waals surface area contributed by atoms with Gasteiger partial charge in [0.1, 0.15) is 26.4 Å². The third-order valence-electron chi connectivity index (χ3n) is 14.1. The lowest BCUT2D eigenvalue weighted by atomic mass is 9.97. The predicted molar refractivity (Wildman–Crippen MR) is 304 cm³/mol. The van der Waals surface area contributed by atoms with E-state index in [2.05, 4.69) is 130 Å². The molecule has 0 saturated carbocycles. The molecule has 0 spiro atoms. The quantitative estimate of drug-likeness (QED) is 0.0358. The number of unbranched alkanes of at least 4 members (excludes halogenated alkanes) is 1. The zero-order valence-corrected chi connectivity index (χ0v) is 43.3. The number of halogens is 1. The number of aliphatic hydroxyl groups is 1. The van der Waals surface area contributed by atoms with E-state index in [4.69, 9.17) is 31.3 Å². The SMILES string of the molecule is COc1ccc2[nH]c3cc(Cl)ccc3c(=[NH+]CCCCN=C(O)c3ccc(C4=C5C=CC(=N5)C(=C5C=CN(C)C=C5)C5=NC(=C(c6cc[n+](C)cc6)c6ccc([nH]6)C(c6cc[n+](C)cc6)=C6C=CC4=N6)C=C5)cc3)c2c1. The number of hydrogen-bond acceptors (Lipinski definition) is 6. The van der Waals surface area contributed by atoms with Crippen molar-refractivity contribution in [2.75, 3.05) is 27.2 Å². The highest BCUT2D eigenvalue weighted by Gasteiger charge is 2.28. The largest absolute Gasteiger partial charge is 0.497 e. The number of benzene rings is 3. The topological polar surface area (TPSA) is 135 Å². The summed E-state index contributed by atoms with van der Waals surface area (Å²) < 4.78 is 9.63. The van der Waals surface area contributed by atoms with Gasteiger partial charge in [-0.3, -0.25) is 4.99 Å². The number of fused-ring (bicyclic) bond motifs is 7. The second-order valence-corrected chi connectivity index (χ2v) is 19.6. The second-order valence-electron chi connectivity index (χ2n) is 19.2. The minimum atomic E-state index is -0.0101. The summed E-state index contributed by atoms with van der Waals surface area (Å²) in [7, 11) is 7.73. The molecule has 7 aromatic rings. The number of nitrogens with one attached hydrogen (secondary N) is 3. The molecule has 0 saturated heterocycles. The zero-order chi connectivity index (χ0) is 51.9. The van der Waals surface area contributed by atoms with Crippen molar-refractivity contribution in [3.63, 3.8) is 0 Å². The number of ether oxygens (including phenoxy) is 1. The molecule has 0 amide bonds. The van der Waals surface area contributed by atoms with Crippen molar-refractivity contribution in [2.24, 2.45) is 34.1 Å². The van der Waals surface area contributed by atoms with E-state index >= 15 is 0 Å². The normalized spacial score (nSPS) is 16.4. The van der Waals surface area contributed by atoms with E-state index in [1.165, 1.54) is 0 Å². The first-order valence-electron chi connectivity index (χ1n) is 25.3.